The van der Waals surface area contributed by atoms with E-state index in [0.717, 1.165) is 22.0 Å². The second kappa shape index (κ2) is 4.23. The molecule has 4 nitrogen and oxygen atoms in total. The molecule has 1 aliphatic rings. The highest BCUT2D eigenvalue weighted by atomic mass is 79.9. The second-order valence-electron chi connectivity index (χ2n) is 3.82. The summed E-state index contributed by atoms with van der Waals surface area (Å²) >= 11 is 3.44. The average Bonchev–Trinajstić information content (AvgIpc) is 3.02. The Morgan fingerprint density at radius 2 is 2.35 bits per heavy atom. The maximum absolute atomic E-state index is 5.75. The zero-order valence-electron chi connectivity index (χ0n) is 9.23. The van der Waals surface area contributed by atoms with E-state index in [9.17, 15) is 0 Å². The summed E-state index contributed by atoms with van der Waals surface area (Å²) in [6, 6.07) is 3.71. The van der Waals surface area contributed by atoms with E-state index in [0.29, 0.717) is 18.1 Å². The summed E-state index contributed by atoms with van der Waals surface area (Å²) in [4.78, 5) is 0. The van der Waals surface area contributed by atoms with Crippen LogP contribution in [-0.4, -0.2) is 26.4 Å². The second-order valence-corrected chi connectivity index (χ2v) is 4.67. The Labute approximate surface area is 107 Å². The molecule has 1 aromatic carbocycles. The van der Waals surface area contributed by atoms with E-state index in [1.165, 1.54) is 0 Å². The molecule has 5 heteroatoms. The van der Waals surface area contributed by atoms with Crippen molar-refractivity contribution in [2.45, 2.75) is 6.10 Å². The highest BCUT2D eigenvalue weighted by Gasteiger charge is 2.25. The zero-order valence-corrected chi connectivity index (χ0v) is 10.8. The van der Waals surface area contributed by atoms with Crippen molar-refractivity contribution in [2.75, 3.05) is 20.3 Å². The molecule has 1 saturated heterocycles. The number of methoxy groups -OCH3 is 1. The number of hydrogen-bond donors (Lipinski definition) is 0. The van der Waals surface area contributed by atoms with E-state index in [4.69, 9.17) is 18.6 Å². The summed E-state index contributed by atoms with van der Waals surface area (Å²) in [5.41, 5.74) is 0.762. The Morgan fingerprint density at radius 1 is 1.53 bits per heavy atom. The molecule has 0 saturated carbocycles. The van der Waals surface area contributed by atoms with Crippen molar-refractivity contribution in [3.8, 4) is 11.5 Å². The molecule has 90 valence electrons. The molecule has 17 heavy (non-hydrogen) atoms. The highest BCUT2D eigenvalue weighted by Crippen LogP contribution is 2.41. The van der Waals surface area contributed by atoms with E-state index in [1.807, 2.05) is 12.1 Å². The van der Waals surface area contributed by atoms with Crippen molar-refractivity contribution in [3.63, 3.8) is 0 Å². The van der Waals surface area contributed by atoms with Crippen LogP contribution in [0.4, 0.5) is 0 Å². The van der Waals surface area contributed by atoms with Crippen LogP contribution in [0.25, 0.3) is 11.0 Å². The van der Waals surface area contributed by atoms with Gasteiger partial charge < -0.3 is 18.6 Å². The molecule has 0 unspecified atom stereocenters. The van der Waals surface area contributed by atoms with Crippen LogP contribution in [0.15, 0.2) is 27.3 Å². The summed E-state index contributed by atoms with van der Waals surface area (Å²) in [5, 5.41) is 0.900. The van der Waals surface area contributed by atoms with Crippen molar-refractivity contribution >= 4 is 26.9 Å². The Morgan fingerprint density at radius 3 is 3.06 bits per heavy atom. The van der Waals surface area contributed by atoms with E-state index in [2.05, 4.69) is 15.9 Å². The molecule has 0 spiro atoms. The largest absolute Gasteiger partial charge is 0.493 e. The van der Waals surface area contributed by atoms with Gasteiger partial charge >= 0.3 is 0 Å². The van der Waals surface area contributed by atoms with Crippen LogP contribution in [0.1, 0.15) is 0 Å². The summed E-state index contributed by atoms with van der Waals surface area (Å²) in [6.07, 6.45) is 1.85. The van der Waals surface area contributed by atoms with Gasteiger partial charge in [-0.05, 0) is 22.0 Å². The molecule has 1 aromatic heterocycles. The van der Waals surface area contributed by atoms with Gasteiger partial charge in [-0.25, -0.2) is 0 Å². The number of fused-ring (bicyclic) bond motifs is 1. The van der Waals surface area contributed by atoms with E-state index in [-0.39, 0.29) is 6.10 Å². The van der Waals surface area contributed by atoms with Gasteiger partial charge in [0.25, 0.3) is 0 Å². The van der Waals surface area contributed by atoms with Crippen LogP contribution in [0, 0.1) is 0 Å². The molecule has 1 atom stereocenters. The molecule has 1 fully saturated rings. The lowest BCUT2D eigenvalue weighted by Crippen LogP contribution is -2.05. The van der Waals surface area contributed by atoms with Crippen LogP contribution in [0.5, 0.6) is 11.5 Å². The van der Waals surface area contributed by atoms with Gasteiger partial charge in [-0.3, -0.25) is 0 Å². The van der Waals surface area contributed by atoms with E-state index < -0.39 is 0 Å². The highest BCUT2D eigenvalue weighted by molar-refractivity contribution is 9.10. The first-order valence-electron chi connectivity index (χ1n) is 5.27. The lowest BCUT2D eigenvalue weighted by Gasteiger charge is -2.11. The van der Waals surface area contributed by atoms with Gasteiger partial charge in [0, 0.05) is 6.07 Å². The lowest BCUT2D eigenvalue weighted by atomic mass is 10.2. The summed E-state index contributed by atoms with van der Waals surface area (Å²) < 4.78 is 22.4. The number of halogens is 1. The van der Waals surface area contributed by atoms with E-state index >= 15 is 0 Å². The third-order valence-electron chi connectivity index (χ3n) is 2.64. The normalized spacial score (nSPS) is 18.4. The topological polar surface area (TPSA) is 44.1 Å². The molecule has 2 heterocycles. The molecular weight excluding hydrogens is 288 g/mol. The first-order valence-corrected chi connectivity index (χ1v) is 6.07. The first kappa shape index (κ1) is 10.9. The van der Waals surface area contributed by atoms with Crippen LogP contribution in [-0.2, 0) is 4.74 Å². The van der Waals surface area contributed by atoms with Gasteiger partial charge in [0.1, 0.15) is 12.7 Å². The fourth-order valence-electron chi connectivity index (χ4n) is 1.69. The number of hydrogen-bond acceptors (Lipinski definition) is 4. The average molecular weight is 299 g/mol. The van der Waals surface area contributed by atoms with Crippen LogP contribution in [0.3, 0.4) is 0 Å². The summed E-state index contributed by atoms with van der Waals surface area (Å²) in [6.45, 7) is 1.31. The van der Waals surface area contributed by atoms with Gasteiger partial charge in [0.05, 0.1) is 29.8 Å². The third-order valence-corrected chi connectivity index (χ3v) is 3.23. The number of rotatable bonds is 4. The molecule has 0 N–H and O–H groups in total. The first-order chi connectivity index (χ1) is 8.29. The molecule has 0 aliphatic carbocycles. The number of benzene rings is 1. The van der Waals surface area contributed by atoms with Crippen LogP contribution >= 0.6 is 15.9 Å². The molecular formula is C12H11BrO4. The standard InChI is InChI=1S/C12H11BrO4/c1-14-10-4-9(13)11-8(2-3-15-11)12(10)17-6-7-5-16-7/h2-4,7H,5-6H2,1H3/t7-/m1/s1. The van der Waals surface area contributed by atoms with Gasteiger partial charge in [0.15, 0.2) is 17.1 Å². The fourth-order valence-corrected chi connectivity index (χ4v) is 2.21. The third kappa shape index (κ3) is 2.00. The number of epoxide rings is 1. The Balaban J connectivity index is 2.04. The van der Waals surface area contributed by atoms with E-state index in [1.54, 1.807) is 13.4 Å². The Hall–Kier alpha value is -1.20. The minimum Gasteiger partial charge on any atom is -0.493 e. The predicted octanol–water partition coefficient (Wildman–Crippen LogP) is 2.98. The van der Waals surface area contributed by atoms with Gasteiger partial charge in [-0.1, -0.05) is 0 Å². The minimum absolute atomic E-state index is 0.213. The monoisotopic (exact) mass is 298 g/mol. The van der Waals surface area contributed by atoms with Crippen molar-refractivity contribution in [2.24, 2.45) is 0 Å². The molecule has 0 bridgehead atoms. The lowest BCUT2D eigenvalue weighted by molar-refractivity contribution is 0.254. The summed E-state index contributed by atoms with van der Waals surface area (Å²) in [7, 11) is 1.62. The van der Waals surface area contributed by atoms with Crippen LogP contribution in [0.2, 0.25) is 0 Å². The minimum atomic E-state index is 0.213. The molecule has 3 rings (SSSR count). The molecule has 2 aromatic rings. The SMILES string of the molecule is COc1cc(Br)c2occc2c1OC[C@H]1CO1. The number of ether oxygens (including phenoxy) is 3. The molecule has 0 radical (unpaired) electrons. The van der Waals surface area contributed by atoms with Crippen LogP contribution < -0.4 is 9.47 Å². The van der Waals surface area contributed by atoms with Crippen molar-refractivity contribution < 1.29 is 18.6 Å². The Bertz CT molecular complexity index is 545. The quantitative estimate of drug-likeness (QED) is 0.814. The van der Waals surface area contributed by atoms with Crippen molar-refractivity contribution in [3.05, 3.63) is 22.9 Å². The maximum Gasteiger partial charge on any atom is 0.172 e. The van der Waals surface area contributed by atoms with Crippen molar-refractivity contribution in [1.82, 2.24) is 0 Å². The zero-order chi connectivity index (χ0) is 11.8. The maximum atomic E-state index is 5.75. The summed E-state index contributed by atoms with van der Waals surface area (Å²) in [5.74, 6) is 1.39. The Kier molecular flexibility index (Phi) is 2.72. The predicted molar refractivity (Wildman–Crippen MR) is 65.7 cm³/mol. The molecule has 0 amide bonds. The number of furan rings is 1. The van der Waals surface area contributed by atoms with Gasteiger partial charge in [-0.2, -0.15) is 0 Å². The van der Waals surface area contributed by atoms with Crippen molar-refractivity contribution in [1.29, 1.82) is 0 Å². The smallest absolute Gasteiger partial charge is 0.172 e. The van der Waals surface area contributed by atoms with Gasteiger partial charge in [0.2, 0.25) is 0 Å². The van der Waals surface area contributed by atoms with Gasteiger partial charge in [-0.15, -0.1) is 0 Å². The molecule has 1 aliphatic heterocycles. The fraction of sp³-hybridized carbons (Fsp3) is 0.333.